The normalized spacial score (nSPS) is 19.1. The van der Waals surface area contributed by atoms with Gasteiger partial charge in [-0.2, -0.15) is 0 Å². The molecule has 23 heavy (non-hydrogen) atoms. The highest BCUT2D eigenvalue weighted by Crippen LogP contribution is 2.29. The minimum absolute atomic E-state index is 0.108. The summed E-state index contributed by atoms with van der Waals surface area (Å²) < 4.78 is 6.63. The maximum Gasteiger partial charge on any atom is 0.234 e. The van der Waals surface area contributed by atoms with Crippen molar-refractivity contribution in [2.45, 2.75) is 25.0 Å². The largest absolute Gasteiger partial charge is 0.386 e. The van der Waals surface area contributed by atoms with E-state index in [0.717, 1.165) is 34.4 Å². The summed E-state index contributed by atoms with van der Waals surface area (Å²) in [5.74, 6) is -0.108. The zero-order valence-electron chi connectivity index (χ0n) is 13.0. The number of thiophene rings is 1. The molecule has 1 saturated heterocycles. The summed E-state index contributed by atoms with van der Waals surface area (Å²) in [6.07, 6.45) is 1.71. The molecule has 2 aromatic rings. The number of fused-ring (bicyclic) bond motifs is 1. The Morgan fingerprint density at radius 1 is 1.43 bits per heavy atom. The van der Waals surface area contributed by atoms with Crippen LogP contribution in [-0.4, -0.2) is 43.4 Å². The Labute approximate surface area is 139 Å². The minimum Gasteiger partial charge on any atom is -0.386 e. The van der Waals surface area contributed by atoms with Crippen LogP contribution in [0.1, 0.15) is 23.8 Å². The van der Waals surface area contributed by atoms with Gasteiger partial charge in [-0.25, -0.2) is 0 Å². The van der Waals surface area contributed by atoms with Gasteiger partial charge in [-0.05, 0) is 30.4 Å². The number of carbonyl (C=O) groups excluding carboxylic acids is 1. The smallest absolute Gasteiger partial charge is 0.234 e. The van der Waals surface area contributed by atoms with Crippen LogP contribution in [0.4, 0.5) is 0 Å². The molecule has 0 radical (unpaired) electrons. The molecule has 1 aliphatic heterocycles. The van der Waals surface area contributed by atoms with Gasteiger partial charge in [0.2, 0.25) is 5.91 Å². The molecule has 0 bridgehead atoms. The summed E-state index contributed by atoms with van der Waals surface area (Å²) in [4.78, 5) is 12.7. The maximum atomic E-state index is 11.8. The highest BCUT2D eigenvalue weighted by Gasteiger charge is 2.16. The molecular weight excluding hydrogens is 312 g/mol. The van der Waals surface area contributed by atoms with E-state index in [1.54, 1.807) is 11.3 Å². The first-order chi connectivity index (χ1) is 11.2. The number of hydrogen-bond donors (Lipinski definition) is 3. The van der Waals surface area contributed by atoms with E-state index >= 15 is 0 Å². The minimum atomic E-state index is -0.672. The maximum absolute atomic E-state index is 11.8. The van der Waals surface area contributed by atoms with Crippen molar-refractivity contribution in [2.75, 3.05) is 26.2 Å². The van der Waals surface area contributed by atoms with E-state index in [1.165, 1.54) is 0 Å². The van der Waals surface area contributed by atoms with Gasteiger partial charge in [0.25, 0.3) is 0 Å². The van der Waals surface area contributed by atoms with Crippen LogP contribution in [0, 0.1) is 0 Å². The van der Waals surface area contributed by atoms with Crippen molar-refractivity contribution >= 4 is 27.3 Å². The molecule has 0 aliphatic carbocycles. The van der Waals surface area contributed by atoms with Gasteiger partial charge in [-0.1, -0.05) is 18.2 Å². The van der Waals surface area contributed by atoms with Crippen molar-refractivity contribution in [1.82, 2.24) is 10.6 Å². The number of hydrogen-bond acceptors (Lipinski definition) is 5. The van der Waals surface area contributed by atoms with E-state index in [2.05, 4.69) is 10.6 Å². The van der Waals surface area contributed by atoms with Gasteiger partial charge in [-0.15, -0.1) is 11.3 Å². The number of nitrogens with one attached hydrogen (secondary N) is 2. The van der Waals surface area contributed by atoms with Crippen LogP contribution < -0.4 is 10.6 Å². The second-order valence-corrected chi connectivity index (χ2v) is 6.89. The first-order valence-corrected chi connectivity index (χ1v) is 8.79. The first-order valence-electron chi connectivity index (χ1n) is 7.98. The van der Waals surface area contributed by atoms with Gasteiger partial charge in [0.1, 0.15) is 6.10 Å². The lowest BCUT2D eigenvalue weighted by Gasteiger charge is -2.12. The van der Waals surface area contributed by atoms with Crippen molar-refractivity contribution in [3.63, 3.8) is 0 Å². The lowest BCUT2D eigenvalue weighted by molar-refractivity contribution is -0.120. The molecule has 3 N–H and O–H groups in total. The molecule has 2 unspecified atom stereocenters. The fourth-order valence-electron chi connectivity index (χ4n) is 2.69. The average Bonchev–Trinajstić information content (AvgIpc) is 3.21. The molecule has 0 spiro atoms. The molecule has 3 rings (SSSR count). The number of amides is 1. The molecule has 2 heterocycles. The van der Waals surface area contributed by atoms with E-state index in [9.17, 15) is 9.90 Å². The van der Waals surface area contributed by atoms with Crippen LogP contribution in [0.3, 0.4) is 0 Å². The Hall–Kier alpha value is -1.47. The van der Waals surface area contributed by atoms with Gasteiger partial charge in [0, 0.05) is 29.3 Å². The molecule has 124 valence electrons. The van der Waals surface area contributed by atoms with Crippen LogP contribution in [0.25, 0.3) is 10.1 Å². The predicted octanol–water partition coefficient (Wildman–Crippen LogP) is 1.82. The predicted molar refractivity (Wildman–Crippen MR) is 91.6 cm³/mol. The van der Waals surface area contributed by atoms with Crippen LogP contribution in [0.5, 0.6) is 0 Å². The monoisotopic (exact) mass is 334 g/mol. The third kappa shape index (κ3) is 4.51. The van der Waals surface area contributed by atoms with E-state index in [-0.39, 0.29) is 25.1 Å². The molecule has 0 saturated carbocycles. The molecule has 1 fully saturated rings. The number of aliphatic hydroxyl groups excluding tert-OH is 1. The second-order valence-electron chi connectivity index (χ2n) is 5.77. The van der Waals surface area contributed by atoms with Crippen LogP contribution in [0.2, 0.25) is 0 Å². The molecular formula is C17H22N2O3S. The zero-order chi connectivity index (χ0) is 16.1. The van der Waals surface area contributed by atoms with Crippen molar-refractivity contribution in [3.8, 4) is 0 Å². The van der Waals surface area contributed by atoms with E-state index in [4.69, 9.17) is 4.74 Å². The summed E-state index contributed by atoms with van der Waals surface area (Å²) in [6, 6.07) is 10.00. The lowest BCUT2D eigenvalue weighted by atomic mass is 10.2. The molecule has 1 aromatic heterocycles. The van der Waals surface area contributed by atoms with Crippen molar-refractivity contribution in [2.24, 2.45) is 0 Å². The van der Waals surface area contributed by atoms with Gasteiger partial charge >= 0.3 is 0 Å². The van der Waals surface area contributed by atoms with E-state index < -0.39 is 6.10 Å². The fourth-order valence-corrected chi connectivity index (χ4v) is 3.74. The number of carbonyl (C=O) groups is 1. The number of aliphatic hydroxyl groups is 1. The first kappa shape index (κ1) is 16.4. The van der Waals surface area contributed by atoms with Crippen molar-refractivity contribution in [3.05, 3.63) is 35.2 Å². The summed E-state index contributed by atoms with van der Waals surface area (Å²) in [6.45, 7) is 2.00. The number of benzene rings is 1. The second kappa shape index (κ2) is 7.88. The molecule has 1 amide bonds. The SMILES string of the molecule is O=C(CNCC1CCCO1)NCC(O)c1cc2ccccc2s1. The third-order valence-corrected chi connectivity index (χ3v) is 5.16. The summed E-state index contributed by atoms with van der Waals surface area (Å²) >= 11 is 1.56. The summed E-state index contributed by atoms with van der Waals surface area (Å²) in [5.41, 5.74) is 0. The summed E-state index contributed by atoms with van der Waals surface area (Å²) in [5, 5.41) is 17.2. The Morgan fingerprint density at radius 2 is 2.30 bits per heavy atom. The van der Waals surface area contributed by atoms with Gasteiger partial charge in [0.15, 0.2) is 0 Å². The van der Waals surface area contributed by atoms with E-state index in [1.807, 2.05) is 30.3 Å². The van der Waals surface area contributed by atoms with Gasteiger partial charge in [-0.3, -0.25) is 4.79 Å². The summed E-state index contributed by atoms with van der Waals surface area (Å²) in [7, 11) is 0. The Bertz CT molecular complexity index is 619. The van der Waals surface area contributed by atoms with Gasteiger partial charge in [0.05, 0.1) is 12.6 Å². The molecule has 5 nitrogen and oxygen atoms in total. The zero-order valence-corrected chi connectivity index (χ0v) is 13.8. The van der Waals surface area contributed by atoms with Crippen LogP contribution in [0.15, 0.2) is 30.3 Å². The highest BCUT2D eigenvalue weighted by atomic mass is 32.1. The topological polar surface area (TPSA) is 70.6 Å². The number of rotatable bonds is 7. The Balaban J connectivity index is 1.40. The van der Waals surface area contributed by atoms with Gasteiger partial charge < -0.3 is 20.5 Å². The fraction of sp³-hybridized carbons (Fsp3) is 0.471. The molecule has 1 aliphatic rings. The van der Waals surface area contributed by atoms with Crippen molar-refractivity contribution in [1.29, 1.82) is 0 Å². The number of ether oxygens (including phenoxy) is 1. The quantitative estimate of drug-likeness (QED) is 0.722. The Kier molecular flexibility index (Phi) is 5.61. The highest BCUT2D eigenvalue weighted by molar-refractivity contribution is 7.19. The van der Waals surface area contributed by atoms with E-state index in [0.29, 0.717) is 6.54 Å². The van der Waals surface area contributed by atoms with Crippen LogP contribution in [-0.2, 0) is 9.53 Å². The molecule has 2 atom stereocenters. The molecule has 6 heteroatoms. The molecule has 1 aromatic carbocycles. The Morgan fingerprint density at radius 3 is 3.09 bits per heavy atom. The van der Waals surface area contributed by atoms with Crippen LogP contribution >= 0.6 is 11.3 Å². The third-order valence-electron chi connectivity index (χ3n) is 3.95. The van der Waals surface area contributed by atoms with Crippen molar-refractivity contribution < 1.29 is 14.6 Å². The lowest BCUT2D eigenvalue weighted by Crippen LogP contribution is -2.38. The average molecular weight is 334 g/mol. The standard InChI is InChI=1S/C17H22N2O3S/c20-14(16-8-12-4-1-2-6-15(12)23-16)10-19-17(21)11-18-9-13-5-3-7-22-13/h1-2,4,6,8,13-14,18,20H,3,5,7,9-11H2,(H,19,21).